The highest BCUT2D eigenvalue weighted by Crippen LogP contribution is 2.39. The quantitative estimate of drug-likeness (QED) is 0.938. The molecular weight excluding hydrogens is 268 g/mol. The number of aromatic nitrogens is 2. The van der Waals surface area contributed by atoms with Crippen molar-refractivity contribution in [2.45, 2.75) is 26.7 Å². The van der Waals surface area contributed by atoms with Gasteiger partial charge in [-0.05, 0) is 30.0 Å². The molecule has 0 saturated carbocycles. The molecule has 2 rings (SSSR count). The molecule has 0 aliphatic carbocycles. The van der Waals surface area contributed by atoms with Crippen LogP contribution in [0.3, 0.4) is 0 Å². The monoisotopic (exact) mass is 288 g/mol. The third-order valence-corrected chi connectivity index (χ3v) is 3.58. The Balaban J connectivity index is 2.73. The molecule has 1 heterocycles. The molecule has 5 nitrogen and oxygen atoms in total. The lowest BCUT2D eigenvalue weighted by Gasteiger charge is -2.18. The molecule has 0 radical (unpaired) electrons. The second-order valence-electron chi connectivity index (χ2n) is 5.38. The summed E-state index contributed by atoms with van der Waals surface area (Å²) in [5, 5.41) is 13.1. The van der Waals surface area contributed by atoms with E-state index in [1.807, 2.05) is 13.0 Å². The van der Waals surface area contributed by atoms with E-state index in [-0.39, 0.29) is 5.69 Å². The molecule has 1 aromatic heterocycles. The highest BCUT2D eigenvalue weighted by Gasteiger charge is 2.20. The largest absolute Gasteiger partial charge is 0.496 e. The Hall–Kier alpha value is -2.30. The fourth-order valence-electron chi connectivity index (χ4n) is 2.50. The van der Waals surface area contributed by atoms with Gasteiger partial charge in [0.05, 0.1) is 12.8 Å². The van der Waals surface area contributed by atoms with Crippen LogP contribution in [0.15, 0.2) is 18.2 Å². The van der Waals surface area contributed by atoms with Crippen molar-refractivity contribution >= 4 is 5.97 Å². The first-order valence-corrected chi connectivity index (χ1v) is 6.82. The van der Waals surface area contributed by atoms with Crippen molar-refractivity contribution in [2.75, 3.05) is 7.11 Å². The molecule has 0 spiro atoms. The van der Waals surface area contributed by atoms with E-state index in [1.54, 1.807) is 24.9 Å². The van der Waals surface area contributed by atoms with Gasteiger partial charge in [-0.15, -0.1) is 0 Å². The van der Waals surface area contributed by atoms with Crippen molar-refractivity contribution in [2.24, 2.45) is 7.05 Å². The van der Waals surface area contributed by atoms with Gasteiger partial charge in [0.15, 0.2) is 5.69 Å². The zero-order chi connectivity index (χ0) is 15.7. The molecule has 5 heteroatoms. The topological polar surface area (TPSA) is 64.3 Å². The van der Waals surface area contributed by atoms with Crippen molar-refractivity contribution in [3.8, 4) is 17.0 Å². The van der Waals surface area contributed by atoms with E-state index in [9.17, 15) is 4.79 Å². The molecular formula is C16H20N2O3. The molecule has 0 aliphatic heterocycles. The molecule has 0 atom stereocenters. The van der Waals surface area contributed by atoms with E-state index in [4.69, 9.17) is 9.84 Å². The molecule has 21 heavy (non-hydrogen) atoms. The first kappa shape index (κ1) is 15.1. The third kappa shape index (κ3) is 2.63. The summed E-state index contributed by atoms with van der Waals surface area (Å²) in [4.78, 5) is 11.1. The van der Waals surface area contributed by atoms with E-state index < -0.39 is 5.97 Å². The fraction of sp³-hybridized carbons (Fsp3) is 0.375. The van der Waals surface area contributed by atoms with Crippen LogP contribution in [0.4, 0.5) is 0 Å². The van der Waals surface area contributed by atoms with Gasteiger partial charge in [-0.1, -0.05) is 26.0 Å². The number of aromatic carboxylic acids is 1. The van der Waals surface area contributed by atoms with E-state index in [1.165, 1.54) is 0 Å². The highest BCUT2D eigenvalue weighted by molar-refractivity contribution is 5.88. The molecule has 1 N–H and O–H groups in total. The molecule has 2 aromatic rings. The second-order valence-corrected chi connectivity index (χ2v) is 5.38. The van der Waals surface area contributed by atoms with Crippen LogP contribution in [0.2, 0.25) is 0 Å². The highest BCUT2D eigenvalue weighted by atomic mass is 16.5. The average Bonchev–Trinajstić information content (AvgIpc) is 2.79. The molecule has 0 fully saturated rings. The van der Waals surface area contributed by atoms with Crippen molar-refractivity contribution in [3.05, 3.63) is 35.0 Å². The normalized spacial score (nSPS) is 11.0. The number of nitrogens with zero attached hydrogens (tertiary/aromatic N) is 2. The number of carboxylic acid groups (broad SMARTS) is 1. The van der Waals surface area contributed by atoms with Crippen molar-refractivity contribution < 1.29 is 14.6 Å². The number of aryl methyl sites for hydroxylation is 2. The third-order valence-electron chi connectivity index (χ3n) is 3.58. The van der Waals surface area contributed by atoms with Crippen LogP contribution >= 0.6 is 0 Å². The summed E-state index contributed by atoms with van der Waals surface area (Å²) in [6.07, 6.45) is 0. The van der Waals surface area contributed by atoms with Crippen LogP contribution in [-0.2, 0) is 7.05 Å². The summed E-state index contributed by atoms with van der Waals surface area (Å²) in [5.41, 5.74) is 3.78. The summed E-state index contributed by atoms with van der Waals surface area (Å²) in [6, 6.07) is 5.66. The molecule has 0 unspecified atom stereocenters. The molecule has 0 aliphatic rings. The average molecular weight is 288 g/mol. The lowest BCUT2D eigenvalue weighted by molar-refractivity contribution is 0.0689. The zero-order valence-corrected chi connectivity index (χ0v) is 13.0. The Bertz CT molecular complexity index is 687. The maximum Gasteiger partial charge on any atom is 0.356 e. The van der Waals surface area contributed by atoms with Gasteiger partial charge in [0.1, 0.15) is 5.75 Å². The van der Waals surface area contributed by atoms with Crippen molar-refractivity contribution in [1.82, 2.24) is 9.78 Å². The van der Waals surface area contributed by atoms with Crippen LogP contribution in [0.1, 0.15) is 41.4 Å². The van der Waals surface area contributed by atoms with E-state index in [0.29, 0.717) is 5.92 Å². The Morgan fingerprint density at radius 2 is 2.05 bits per heavy atom. The number of hydrogen-bond donors (Lipinski definition) is 1. The summed E-state index contributed by atoms with van der Waals surface area (Å²) in [7, 11) is 3.38. The fourth-order valence-corrected chi connectivity index (χ4v) is 2.50. The van der Waals surface area contributed by atoms with Gasteiger partial charge in [0.25, 0.3) is 0 Å². The standard InChI is InChI=1S/C16H20N2O3/c1-9(2)11-7-6-10(3)14(15(11)21-5)13-8-12(16(19)20)17-18(13)4/h6-9H,1-5H3,(H,19,20). The molecule has 0 bridgehead atoms. The van der Waals surface area contributed by atoms with Gasteiger partial charge in [-0.25, -0.2) is 4.79 Å². The van der Waals surface area contributed by atoms with Crippen LogP contribution in [-0.4, -0.2) is 28.0 Å². The summed E-state index contributed by atoms with van der Waals surface area (Å²) >= 11 is 0. The lowest BCUT2D eigenvalue weighted by Crippen LogP contribution is -2.02. The minimum absolute atomic E-state index is 0.0314. The Labute approximate surface area is 124 Å². The summed E-state index contributed by atoms with van der Waals surface area (Å²) in [5.74, 6) is 0.0601. The Morgan fingerprint density at radius 3 is 2.52 bits per heavy atom. The number of carboxylic acids is 1. The van der Waals surface area contributed by atoms with E-state index in [0.717, 1.165) is 28.1 Å². The molecule has 1 aromatic carbocycles. The predicted molar refractivity (Wildman–Crippen MR) is 81.0 cm³/mol. The van der Waals surface area contributed by atoms with Gasteiger partial charge in [-0.2, -0.15) is 5.10 Å². The number of rotatable bonds is 4. The van der Waals surface area contributed by atoms with Crippen LogP contribution in [0.25, 0.3) is 11.3 Å². The predicted octanol–water partition coefficient (Wildman–Crippen LogP) is 3.23. The number of ether oxygens (including phenoxy) is 1. The lowest BCUT2D eigenvalue weighted by atomic mass is 9.94. The maximum atomic E-state index is 11.1. The van der Waals surface area contributed by atoms with Crippen LogP contribution in [0, 0.1) is 6.92 Å². The number of hydrogen-bond acceptors (Lipinski definition) is 3. The zero-order valence-electron chi connectivity index (χ0n) is 13.0. The summed E-state index contributed by atoms with van der Waals surface area (Å²) in [6.45, 7) is 6.18. The van der Waals surface area contributed by atoms with Gasteiger partial charge < -0.3 is 9.84 Å². The van der Waals surface area contributed by atoms with Gasteiger partial charge in [0.2, 0.25) is 0 Å². The Morgan fingerprint density at radius 1 is 1.38 bits per heavy atom. The molecule has 0 amide bonds. The summed E-state index contributed by atoms with van der Waals surface area (Å²) < 4.78 is 7.19. The minimum atomic E-state index is -1.03. The van der Waals surface area contributed by atoms with Crippen LogP contribution in [0.5, 0.6) is 5.75 Å². The Kier molecular flexibility index (Phi) is 4.02. The first-order valence-electron chi connectivity index (χ1n) is 6.82. The van der Waals surface area contributed by atoms with E-state index >= 15 is 0 Å². The van der Waals surface area contributed by atoms with Gasteiger partial charge >= 0.3 is 5.97 Å². The number of methoxy groups -OCH3 is 1. The van der Waals surface area contributed by atoms with Gasteiger partial charge in [0, 0.05) is 12.6 Å². The van der Waals surface area contributed by atoms with E-state index in [2.05, 4.69) is 25.0 Å². The second kappa shape index (κ2) is 5.60. The van der Waals surface area contributed by atoms with Gasteiger partial charge in [-0.3, -0.25) is 4.68 Å². The van der Waals surface area contributed by atoms with Crippen molar-refractivity contribution in [3.63, 3.8) is 0 Å². The first-order chi connectivity index (χ1) is 9.86. The molecule has 112 valence electrons. The maximum absolute atomic E-state index is 11.1. The molecule has 0 saturated heterocycles. The number of benzene rings is 1. The SMILES string of the molecule is COc1c(C(C)C)ccc(C)c1-c1cc(C(=O)O)nn1C. The van der Waals surface area contributed by atoms with Crippen molar-refractivity contribution in [1.29, 1.82) is 0 Å². The number of carbonyl (C=O) groups is 1. The minimum Gasteiger partial charge on any atom is -0.496 e. The smallest absolute Gasteiger partial charge is 0.356 e. The van der Waals surface area contributed by atoms with Crippen LogP contribution < -0.4 is 4.74 Å².